The van der Waals surface area contributed by atoms with Crippen LogP contribution in [0.1, 0.15) is 24.7 Å². The highest BCUT2D eigenvalue weighted by Crippen LogP contribution is 2.25. The van der Waals surface area contributed by atoms with Crippen molar-refractivity contribution in [2.24, 2.45) is 10.9 Å². The van der Waals surface area contributed by atoms with E-state index in [1.165, 1.54) is 0 Å². The first-order valence-corrected chi connectivity index (χ1v) is 10.5. The molecule has 6 nitrogen and oxygen atoms in total. The number of aryl methyl sites for hydroxylation is 1. The van der Waals surface area contributed by atoms with E-state index in [1.807, 2.05) is 38.1 Å². The van der Waals surface area contributed by atoms with Gasteiger partial charge in [-0.25, -0.2) is 13.4 Å². The highest BCUT2D eigenvalue weighted by atomic mass is 32.2. The van der Waals surface area contributed by atoms with Crippen LogP contribution in [0, 0.1) is 12.8 Å². The zero-order chi connectivity index (χ0) is 17.9. The molecule has 0 aliphatic carbocycles. The maximum atomic E-state index is 11.6. The first kappa shape index (κ1) is 17.8. The van der Waals surface area contributed by atoms with Crippen LogP contribution in [0.15, 0.2) is 33.7 Å². The van der Waals surface area contributed by atoms with Crippen LogP contribution in [0.5, 0.6) is 0 Å². The van der Waals surface area contributed by atoms with E-state index < -0.39 is 9.84 Å². The van der Waals surface area contributed by atoms with Gasteiger partial charge in [0.1, 0.15) is 17.9 Å². The van der Waals surface area contributed by atoms with Crippen molar-refractivity contribution in [3.8, 4) is 0 Å². The maximum Gasteiger partial charge on any atom is 0.191 e. The Labute approximate surface area is 148 Å². The van der Waals surface area contributed by atoms with Crippen LogP contribution >= 0.6 is 0 Å². The first-order valence-electron chi connectivity index (χ1n) is 8.68. The van der Waals surface area contributed by atoms with Crippen LogP contribution in [0.25, 0.3) is 11.0 Å². The molecular formula is C18H25N3O3S. The van der Waals surface area contributed by atoms with E-state index in [9.17, 15) is 8.42 Å². The lowest BCUT2D eigenvalue weighted by Gasteiger charge is -2.14. The van der Waals surface area contributed by atoms with Gasteiger partial charge in [-0.1, -0.05) is 18.2 Å². The second-order valence-corrected chi connectivity index (χ2v) is 8.72. The fourth-order valence-corrected chi connectivity index (χ4v) is 5.00. The molecule has 0 bridgehead atoms. The van der Waals surface area contributed by atoms with Gasteiger partial charge in [-0.15, -0.1) is 0 Å². The molecule has 0 radical (unpaired) electrons. The number of sulfone groups is 1. The number of fused-ring (bicyclic) bond motifs is 1. The third kappa shape index (κ3) is 4.34. The van der Waals surface area contributed by atoms with Crippen molar-refractivity contribution in [3.05, 3.63) is 35.6 Å². The summed E-state index contributed by atoms with van der Waals surface area (Å²) in [5.41, 5.74) is 1.98. The number of guanidine groups is 1. The molecule has 1 saturated heterocycles. The number of benzene rings is 1. The monoisotopic (exact) mass is 363 g/mol. The molecule has 2 aromatic rings. The van der Waals surface area contributed by atoms with Gasteiger partial charge in [0.2, 0.25) is 0 Å². The Morgan fingerprint density at radius 1 is 1.32 bits per heavy atom. The average Bonchev–Trinajstić information content (AvgIpc) is 3.10. The Balaban J connectivity index is 1.66. The van der Waals surface area contributed by atoms with E-state index in [2.05, 4.69) is 15.6 Å². The third-order valence-electron chi connectivity index (χ3n) is 4.55. The fraction of sp³-hybridized carbons (Fsp3) is 0.500. The highest BCUT2D eigenvalue weighted by molar-refractivity contribution is 7.91. The predicted octanol–water partition coefficient (Wildman–Crippen LogP) is 2.23. The Hall–Kier alpha value is -2.02. The second-order valence-electron chi connectivity index (χ2n) is 6.49. The van der Waals surface area contributed by atoms with Crippen LogP contribution in [0.2, 0.25) is 0 Å². The highest BCUT2D eigenvalue weighted by Gasteiger charge is 2.27. The van der Waals surface area contributed by atoms with E-state index in [-0.39, 0.29) is 11.7 Å². The summed E-state index contributed by atoms with van der Waals surface area (Å²) >= 11 is 0. The van der Waals surface area contributed by atoms with Gasteiger partial charge in [0.25, 0.3) is 0 Å². The topological polar surface area (TPSA) is 83.7 Å². The lowest BCUT2D eigenvalue weighted by molar-refractivity contribution is 0.544. The molecule has 1 fully saturated rings. The minimum absolute atomic E-state index is 0.154. The number of hydrogen-bond donors (Lipinski definition) is 2. The van der Waals surface area contributed by atoms with Crippen molar-refractivity contribution in [1.82, 2.24) is 10.6 Å². The largest absolute Gasteiger partial charge is 0.459 e. The molecule has 3 rings (SSSR count). The Kier molecular flexibility index (Phi) is 5.32. The van der Waals surface area contributed by atoms with Crippen molar-refractivity contribution in [1.29, 1.82) is 0 Å². The molecule has 0 amide bonds. The summed E-state index contributed by atoms with van der Waals surface area (Å²) < 4.78 is 29.0. The number of nitrogens with zero attached hydrogens (tertiary/aromatic N) is 1. The van der Waals surface area contributed by atoms with Gasteiger partial charge in [0, 0.05) is 24.0 Å². The summed E-state index contributed by atoms with van der Waals surface area (Å²) in [5.74, 6) is 2.25. The molecule has 7 heteroatoms. The summed E-state index contributed by atoms with van der Waals surface area (Å²) in [7, 11) is -2.85. The summed E-state index contributed by atoms with van der Waals surface area (Å²) in [4.78, 5) is 4.59. The number of nitrogens with one attached hydrogen (secondary N) is 2. The van der Waals surface area contributed by atoms with Gasteiger partial charge >= 0.3 is 0 Å². The van der Waals surface area contributed by atoms with E-state index in [0.717, 1.165) is 35.3 Å². The van der Waals surface area contributed by atoms with Crippen LogP contribution < -0.4 is 10.6 Å². The molecule has 1 unspecified atom stereocenters. The summed E-state index contributed by atoms with van der Waals surface area (Å²) in [6, 6.07) is 7.96. The second kappa shape index (κ2) is 7.47. The number of aliphatic imine (C=N–C) groups is 1. The molecule has 0 spiro atoms. The molecule has 2 heterocycles. The summed E-state index contributed by atoms with van der Waals surface area (Å²) in [5, 5.41) is 7.57. The molecule has 0 saturated carbocycles. The van der Waals surface area contributed by atoms with Crippen molar-refractivity contribution >= 4 is 26.8 Å². The smallest absolute Gasteiger partial charge is 0.191 e. The SMILES string of the molecule is CCNC(=NCc1oc2ccccc2c1C)NCC1CCS(=O)(=O)C1. The Morgan fingerprint density at radius 3 is 2.80 bits per heavy atom. The standard InChI is InChI=1S/C18H25N3O3S/c1-3-19-18(20-10-14-8-9-25(22,23)12-14)21-11-17-13(2)15-6-4-5-7-16(15)24-17/h4-7,14H,3,8-12H2,1-2H3,(H2,19,20,21). The van der Waals surface area contributed by atoms with Crippen molar-refractivity contribution < 1.29 is 12.8 Å². The van der Waals surface area contributed by atoms with Gasteiger partial charge in [-0.2, -0.15) is 0 Å². The zero-order valence-electron chi connectivity index (χ0n) is 14.7. The zero-order valence-corrected chi connectivity index (χ0v) is 15.5. The molecule has 1 atom stereocenters. The lowest BCUT2D eigenvalue weighted by atomic mass is 10.1. The van der Waals surface area contributed by atoms with Gasteiger partial charge in [-0.3, -0.25) is 0 Å². The van der Waals surface area contributed by atoms with Gasteiger partial charge in [0.15, 0.2) is 15.8 Å². The number of furan rings is 1. The van der Waals surface area contributed by atoms with Crippen LogP contribution in [-0.4, -0.2) is 39.0 Å². The number of hydrogen-bond acceptors (Lipinski definition) is 4. The molecular weight excluding hydrogens is 338 g/mol. The maximum absolute atomic E-state index is 11.6. The van der Waals surface area contributed by atoms with Crippen LogP contribution in [0.3, 0.4) is 0 Å². The average molecular weight is 363 g/mol. The Morgan fingerprint density at radius 2 is 2.12 bits per heavy atom. The van der Waals surface area contributed by atoms with Crippen molar-refractivity contribution in [2.45, 2.75) is 26.8 Å². The van der Waals surface area contributed by atoms with Crippen molar-refractivity contribution in [3.63, 3.8) is 0 Å². The predicted molar refractivity (Wildman–Crippen MR) is 101 cm³/mol. The fourth-order valence-electron chi connectivity index (χ4n) is 3.14. The minimum Gasteiger partial charge on any atom is -0.459 e. The normalized spacial score (nSPS) is 20.1. The van der Waals surface area contributed by atoms with E-state index >= 15 is 0 Å². The molecule has 1 aromatic heterocycles. The van der Waals surface area contributed by atoms with Gasteiger partial charge in [-0.05, 0) is 32.3 Å². The van der Waals surface area contributed by atoms with E-state index in [4.69, 9.17) is 4.42 Å². The Bertz CT molecular complexity index is 871. The van der Waals surface area contributed by atoms with E-state index in [1.54, 1.807) is 0 Å². The summed E-state index contributed by atoms with van der Waals surface area (Å²) in [6.45, 7) is 5.85. The lowest BCUT2D eigenvalue weighted by Crippen LogP contribution is -2.40. The van der Waals surface area contributed by atoms with Gasteiger partial charge < -0.3 is 15.1 Å². The van der Waals surface area contributed by atoms with Crippen LogP contribution in [0.4, 0.5) is 0 Å². The minimum atomic E-state index is -2.85. The summed E-state index contributed by atoms with van der Waals surface area (Å²) in [6.07, 6.45) is 0.720. The number of para-hydroxylation sites is 1. The molecule has 2 N–H and O–H groups in total. The van der Waals surface area contributed by atoms with E-state index in [0.29, 0.717) is 24.8 Å². The van der Waals surface area contributed by atoms with Gasteiger partial charge in [0.05, 0.1) is 11.5 Å². The quantitative estimate of drug-likeness (QED) is 0.629. The molecule has 1 aromatic carbocycles. The molecule has 136 valence electrons. The number of rotatable bonds is 5. The third-order valence-corrected chi connectivity index (χ3v) is 6.39. The molecule has 25 heavy (non-hydrogen) atoms. The van der Waals surface area contributed by atoms with Crippen LogP contribution in [-0.2, 0) is 16.4 Å². The van der Waals surface area contributed by atoms with Crippen molar-refractivity contribution in [2.75, 3.05) is 24.6 Å². The first-order chi connectivity index (χ1) is 12.0. The molecule has 1 aliphatic heterocycles. The molecule has 1 aliphatic rings.